The number of hydrogen-bond donors (Lipinski definition) is 2. The maximum atomic E-state index is 11.0. The van der Waals surface area contributed by atoms with Crippen LogP contribution in [0.25, 0.3) is 42.8 Å². The van der Waals surface area contributed by atoms with Gasteiger partial charge in [0.05, 0.1) is 5.60 Å². The number of thiophene rings is 1. The Morgan fingerprint density at radius 3 is 2.06 bits per heavy atom. The van der Waals surface area contributed by atoms with Gasteiger partial charge in [0.25, 0.3) is 0 Å². The monoisotopic (exact) mass is 648 g/mol. The van der Waals surface area contributed by atoms with E-state index < -0.39 is 11.2 Å². The lowest BCUT2D eigenvalue weighted by Gasteiger charge is -2.37. The lowest BCUT2D eigenvalue weighted by Crippen LogP contribution is -2.49. The van der Waals surface area contributed by atoms with Crippen LogP contribution in [0, 0.1) is 6.92 Å². The standard InChI is InChI=1S/C43H40N2O2S/c1-27-33-18-13-14-22-38(33)48-40(27)39(28-15-7-6-8-16-28)45-41(44)31-23-30(24-32(25-31)47-43(4,5)42(2,3)46)37-26-29-17-9-10-19-34(29)35-20-11-12-21-36(35)37/h6-26,39,46H,1-5H3,(H2,44,45). The third kappa shape index (κ3) is 5.85. The molecule has 0 aliphatic carbocycles. The molecule has 1 heterocycles. The maximum absolute atomic E-state index is 11.0. The van der Waals surface area contributed by atoms with Crippen LogP contribution in [0.3, 0.4) is 0 Å². The molecule has 4 nitrogen and oxygen atoms in total. The molecule has 1 aromatic heterocycles. The molecule has 0 aliphatic heterocycles. The first kappa shape index (κ1) is 31.6. The molecule has 48 heavy (non-hydrogen) atoms. The Labute approximate surface area is 286 Å². The molecule has 0 saturated carbocycles. The van der Waals surface area contributed by atoms with Crippen LogP contribution in [-0.2, 0) is 0 Å². The summed E-state index contributed by atoms with van der Waals surface area (Å²) in [6, 6.07) is 43.9. The largest absolute Gasteiger partial charge is 0.485 e. The Kier molecular flexibility index (Phi) is 8.06. The Bertz CT molecular complexity index is 2310. The molecule has 7 aromatic rings. The van der Waals surface area contributed by atoms with Crippen LogP contribution in [0.2, 0.25) is 0 Å². The van der Waals surface area contributed by atoms with Gasteiger partial charge < -0.3 is 15.6 Å². The smallest absolute Gasteiger partial charge is 0.131 e. The highest BCUT2D eigenvalue weighted by atomic mass is 32.1. The molecule has 0 radical (unpaired) electrons. The van der Waals surface area contributed by atoms with Gasteiger partial charge in [0.15, 0.2) is 0 Å². The Morgan fingerprint density at radius 1 is 0.729 bits per heavy atom. The summed E-state index contributed by atoms with van der Waals surface area (Å²) in [7, 11) is 0. The number of hydrogen-bond acceptors (Lipinski definition) is 4. The van der Waals surface area contributed by atoms with Gasteiger partial charge in [0, 0.05) is 15.1 Å². The van der Waals surface area contributed by atoms with E-state index in [-0.39, 0.29) is 6.04 Å². The van der Waals surface area contributed by atoms with Gasteiger partial charge in [0.2, 0.25) is 0 Å². The number of aliphatic imine (C=N–C) groups is 1. The van der Waals surface area contributed by atoms with Crippen molar-refractivity contribution in [2.45, 2.75) is 51.9 Å². The van der Waals surface area contributed by atoms with Crippen molar-refractivity contribution in [3.05, 3.63) is 149 Å². The third-order valence-corrected chi connectivity index (χ3v) is 11.0. The lowest BCUT2D eigenvalue weighted by molar-refractivity contribution is -0.0906. The van der Waals surface area contributed by atoms with Gasteiger partial charge >= 0.3 is 0 Å². The van der Waals surface area contributed by atoms with Gasteiger partial charge in [-0.15, -0.1) is 11.3 Å². The van der Waals surface area contributed by atoms with E-state index in [0.29, 0.717) is 11.6 Å². The molecule has 0 aliphatic rings. The van der Waals surface area contributed by atoms with Gasteiger partial charge in [-0.2, -0.15) is 0 Å². The minimum absolute atomic E-state index is 0.286. The fourth-order valence-electron chi connectivity index (χ4n) is 6.26. The quantitative estimate of drug-likeness (QED) is 0.0979. The number of benzene rings is 6. The van der Waals surface area contributed by atoms with E-state index >= 15 is 0 Å². The lowest BCUT2D eigenvalue weighted by atomic mass is 9.89. The van der Waals surface area contributed by atoms with E-state index in [9.17, 15) is 5.11 Å². The average molecular weight is 649 g/mol. The van der Waals surface area contributed by atoms with Crippen molar-refractivity contribution >= 4 is 48.8 Å². The number of aliphatic hydroxyl groups is 1. The van der Waals surface area contributed by atoms with Gasteiger partial charge in [-0.25, -0.2) is 0 Å². The molecule has 1 unspecified atom stereocenters. The molecule has 1 atom stereocenters. The second kappa shape index (κ2) is 12.2. The van der Waals surface area contributed by atoms with Crippen LogP contribution in [-0.4, -0.2) is 22.1 Å². The highest BCUT2D eigenvalue weighted by molar-refractivity contribution is 7.19. The molecule has 240 valence electrons. The summed E-state index contributed by atoms with van der Waals surface area (Å²) in [6.07, 6.45) is 0. The van der Waals surface area contributed by atoms with E-state index in [1.165, 1.54) is 31.3 Å². The zero-order chi connectivity index (χ0) is 33.6. The maximum Gasteiger partial charge on any atom is 0.131 e. The van der Waals surface area contributed by atoms with Crippen LogP contribution in [0.5, 0.6) is 5.75 Å². The van der Waals surface area contributed by atoms with Crippen LogP contribution >= 0.6 is 11.3 Å². The number of rotatable bonds is 8. The average Bonchev–Trinajstić information content (AvgIpc) is 3.42. The van der Waals surface area contributed by atoms with E-state index in [4.69, 9.17) is 15.5 Å². The number of nitrogens with two attached hydrogens (primary N) is 1. The van der Waals surface area contributed by atoms with Crippen LogP contribution in [0.4, 0.5) is 0 Å². The first-order chi connectivity index (χ1) is 23.0. The summed E-state index contributed by atoms with van der Waals surface area (Å²) in [6.45, 7) is 9.51. The zero-order valence-electron chi connectivity index (χ0n) is 28.0. The predicted octanol–water partition coefficient (Wildman–Crippen LogP) is 10.6. The van der Waals surface area contributed by atoms with Crippen molar-refractivity contribution < 1.29 is 9.84 Å². The van der Waals surface area contributed by atoms with Crippen molar-refractivity contribution in [1.29, 1.82) is 0 Å². The SMILES string of the molecule is Cc1c(C(N=C(N)c2cc(OC(C)(C)C(C)(C)O)cc(-c3cc4ccccc4c4ccccc34)c2)c2ccccc2)sc2ccccc12. The van der Waals surface area contributed by atoms with Crippen molar-refractivity contribution in [2.24, 2.45) is 10.7 Å². The number of fused-ring (bicyclic) bond motifs is 4. The van der Waals surface area contributed by atoms with E-state index in [0.717, 1.165) is 33.0 Å². The molecule has 0 fully saturated rings. The molecular formula is C43H40N2O2S. The van der Waals surface area contributed by atoms with Crippen LogP contribution in [0.15, 0.2) is 132 Å². The van der Waals surface area contributed by atoms with Gasteiger partial charge in [-0.05, 0) is 114 Å². The molecule has 0 amide bonds. The van der Waals surface area contributed by atoms with Gasteiger partial charge in [0.1, 0.15) is 23.2 Å². The first-order valence-corrected chi connectivity index (χ1v) is 17.2. The number of aryl methyl sites for hydroxylation is 1. The minimum Gasteiger partial charge on any atom is -0.485 e. The normalized spacial score (nSPS) is 13.3. The summed E-state index contributed by atoms with van der Waals surface area (Å²) in [5.41, 5.74) is 10.1. The molecule has 3 N–H and O–H groups in total. The van der Waals surface area contributed by atoms with E-state index in [1.54, 1.807) is 25.2 Å². The second-order valence-corrected chi connectivity index (χ2v) is 14.6. The highest BCUT2D eigenvalue weighted by Crippen LogP contribution is 2.41. The summed E-state index contributed by atoms with van der Waals surface area (Å²) in [4.78, 5) is 6.44. The van der Waals surface area contributed by atoms with Crippen LogP contribution in [0.1, 0.15) is 55.3 Å². The molecule has 0 saturated heterocycles. The fourth-order valence-corrected chi connectivity index (χ4v) is 7.54. The van der Waals surface area contributed by atoms with E-state index in [2.05, 4.69) is 104 Å². The highest BCUT2D eigenvalue weighted by Gasteiger charge is 2.37. The molecule has 0 spiro atoms. The van der Waals surface area contributed by atoms with Crippen molar-refractivity contribution in [3.63, 3.8) is 0 Å². The molecule has 5 heteroatoms. The van der Waals surface area contributed by atoms with Gasteiger partial charge in [-0.3, -0.25) is 4.99 Å². The van der Waals surface area contributed by atoms with Crippen LogP contribution < -0.4 is 10.5 Å². The number of amidine groups is 1. The Morgan fingerprint density at radius 2 is 1.35 bits per heavy atom. The molecular weight excluding hydrogens is 609 g/mol. The summed E-state index contributed by atoms with van der Waals surface area (Å²) < 4.78 is 7.82. The zero-order valence-corrected chi connectivity index (χ0v) is 28.8. The molecule has 6 aromatic carbocycles. The summed E-state index contributed by atoms with van der Waals surface area (Å²) in [5, 5.41) is 16.9. The minimum atomic E-state index is -1.10. The molecule has 0 bridgehead atoms. The third-order valence-electron chi connectivity index (χ3n) is 9.64. The summed E-state index contributed by atoms with van der Waals surface area (Å²) >= 11 is 1.77. The van der Waals surface area contributed by atoms with Gasteiger partial charge in [-0.1, -0.05) is 97.1 Å². The second-order valence-electron chi connectivity index (χ2n) is 13.5. The Balaban J connectivity index is 1.44. The predicted molar refractivity (Wildman–Crippen MR) is 203 cm³/mol. The molecule has 7 rings (SSSR count). The Hall–Kier alpha value is -4.97. The number of ether oxygens (including phenoxy) is 1. The van der Waals surface area contributed by atoms with Crippen molar-refractivity contribution in [2.75, 3.05) is 0 Å². The van der Waals surface area contributed by atoms with Crippen molar-refractivity contribution in [3.8, 4) is 16.9 Å². The van der Waals surface area contributed by atoms with E-state index in [1.807, 2.05) is 44.2 Å². The fraction of sp³-hybridized carbons (Fsp3) is 0.186. The first-order valence-electron chi connectivity index (χ1n) is 16.3. The summed E-state index contributed by atoms with van der Waals surface area (Å²) in [5.74, 6) is 1.03. The number of nitrogens with zero attached hydrogens (tertiary/aromatic N) is 1. The van der Waals surface area contributed by atoms with Crippen molar-refractivity contribution in [1.82, 2.24) is 0 Å². The topological polar surface area (TPSA) is 67.8 Å².